The Balaban J connectivity index is 1.51. The highest BCUT2D eigenvalue weighted by Crippen LogP contribution is 2.29. The summed E-state index contributed by atoms with van der Waals surface area (Å²) in [6.07, 6.45) is 2.94. The van der Waals surface area contributed by atoms with Crippen molar-refractivity contribution in [3.8, 4) is 5.69 Å². The number of nitrogens with one attached hydrogen (secondary N) is 2. The number of sulfonamides is 1. The number of hydrazine groups is 1. The van der Waals surface area contributed by atoms with Gasteiger partial charge in [-0.3, -0.25) is 19.6 Å². The average Bonchev–Trinajstić information content (AvgIpc) is 3.32. The van der Waals surface area contributed by atoms with Gasteiger partial charge < -0.3 is 4.90 Å². The Bertz CT molecular complexity index is 1200. The largest absolute Gasteiger partial charge is 0.315 e. The summed E-state index contributed by atoms with van der Waals surface area (Å²) in [6, 6.07) is 13.5. The number of hydrogen-bond acceptors (Lipinski definition) is 5. The van der Waals surface area contributed by atoms with Gasteiger partial charge in [-0.1, -0.05) is 18.2 Å². The number of para-hydroxylation sites is 1. The van der Waals surface area contributed by atoms with E-state index in [1.807, 2.05) is 18.2 Å². The van der Waals surface area contributed by atoms with E-state index in [0.29, 0.717) is 16.9 Å². The van der Waals surface area contributed by atoms with E-state index in [9.17, 15) is 18.0 Å². The number of imidazole rings is 1. The summed E-state index contributed by atoms with van der Waals surface area (Å²) in [4.78, 5) is 31.8. The van der Waals surface area contributed by atoms with Crippen LogP contribution in [-0.4, -0.2) is 36.8 Å². The lowest BCUT2D eigenvalue weighted by atomic mass is 10.2. The molecule has 2 N–H and O–H groups in total. The summed E-state index contributed by atoms with van der Waals surface area (Å²) in [7, 11) is -2.39. The summed E-state index contributed by atoms with van der Waals surface area (Å²) in [5, 5.41) is 0. The molecule has 0 unspecified atom stereocenters. The molecule has 4 rings (SSSR count). The number of carbonyl (C=O) groups excluding carboxylic acids is 2. The van der Waals surface area contributed by atoms with E-state index in [2.05, 4.69) is 15.2 Å². The summed E-state index contributed by atoms with van der Waals surface area (Å²) in [6.45, 7) is 0. The Kier molecular flexibility index (Phi) is 4.65. The molecular formula is C19H17N5O4S. The van der Waals surface area contributed by atoms with Crippen LogP contribution in [0.2, 0.25) is 0 Å². The van der Waals surface area contributed by atoms with Gasteiger partial charge in [0.15, 0.2) is 0 Å². The molecule has 0 fully saturated rings. The van der Waals surface area contributed by atoms with E-state index in [4.69, 9.17) is 0 Å². The lowest BCUT2D eigenvalue weighted by Crippen LogP contribution is -2.42. The first-order valence-electron chi connectivity index (χ1n) is 8.66. The molecule has 2 heterocycles. The van der Waals surface area contributed by atoms with Gasteiger partial charge in [-0.2, -0.15) is 0 Å². The van der Waals surface area contributed by atoms with E-state index in [-0.39, 0.29) is 22.9 Å². The fourth-order valence-corrected chi connectivity index (χ4v) is 4.00. The van der Waals surface area contributed by atoms with Gasteiger partial charge in [0.1, 0.15) is 5.69 Å². The summed E-state index contributed by atoms with van der Waals surface area (Å²) < 4.78 is 26.7. The number of aromatic nitrogens is 2. The Morgan fingerprint density at radius 3 is 2.66 bits per heavy atom. The molecule has 0 radical (unpaired) electrons. The number of anilines is 1. The lowest BCUT2D eigenvalue weighted by Gasteiger charge is -2.12. The van der Waals surface area contributed by atoms with Gasteiger partial charge in [-0.25, -0.2) is 13.4 Å². The van der Waals surface area contributed by atoms with Crippen molar-refractivity contribution in [1.29, 1.82) is 0 Å². The predicted molar refractivity (Wildman–Crippen MR) is 105 cm³/mol. The van der Waals surface area contributed by atoms with Crippen molar-refractivity contribution in [3.05, 3.63) is 72.3 Å². The van der Waals surface area contributed by atoms with Crippen LogP contribution >= 0.6 is 0 Å². The Hall–Kier alpha value is -3.50. The molecule has 3 aromatic rings. The molecular weight excluding hydrogens is 394 g/mol. The number of rotatable bonds is 5. The number of amides is 2. The van der Waals surface area contributed by atoms with Crippen molar-refractivity contribution in [1.82, 2.24) is 19.8 Å². The van der Waals surface area contributed by atoms with Crippen LogP contribution in [0, 0.1) is 0 Å². The molecule has 2 amide bonds. The topological polar surface area (TPSA) is 113 Å². The predicted octanol–water partition coefficient (Wildman–Crippen LogP) is 1.01. The van der Waals surface area contributed by atoms with Gasteiger partial charge in [-0.15, -0.1) is 4.83 Å². The fourth-order valence-electron chi connectivity index (χ4n) is 3.11. The van der Waals surface area contributed by atoms with Crippen LogP contribution in [0.25, 0.3) is 5.69 Å². The van der Waals surface area contributed by atoms with Gasteiger partial charge in [-0.05, 0) is 35.9 Å². The monoisotopic (exact) mass is 411 g/mol. The third kappa shape index (κ3) is 3.50. The maximum absolute atomic E-state index is 12.6. The van der Waals surface area contributed by atoms with Crippen molar-refractivity contribution in [2.24, 2.45) is 0 Å². The van der Waals surface area contributed by atoms with Crippen molar-refractivity contribution in [2.45, 2.75) is 11.3 Å². The van der Waals surface area contributed by atoms with Crippen LogP contribution in [0.5, 0.6) is 0 Å². The fraction of sp³-hybridized carbons (Fsp3) is 0.105. The standard InChI is InChI=1S/C19H17N5O4S/c1-23-16-8-7-15(9-13(16)10-18(23)25)29(27,28)22-21-19(26)17-11-20-12-24(17)14-5-3-2-4-6-14/h2-9,11-12,22H,10H2,1H3,(H,21,26). The number of carbonyl (C=O) groups is 2. The zero-order chi connectivity index (χ0) is 20.6. The van der Waals surface area contributed by atoms with Crippen molar-refractivity contribution < 1.29 is 18.0 Å². The van der Waals surface area contributed by atoms with Gasteiger partial charge >= 0.3 is 0 Å². The molecule has 1 aromatic heterocycles. The maximum atomic E-state index is 12.6. The minimum absolute atomic E-state index is 0.0452. The second-order valence-electron chi connectivity index (χ2n) is 6.46. The minimum atomic E-state index is -4.02. The smallest absolute Gasteiger partial charge is 0.284 e. The molecule has 9 nitrogen and oxygen atoms in total. The molecule has 10 heteroatoms. The van der Waals surface area contributed by atoms with Gasteiger partial charge in [0.05, 0.1) is 23.8 Å². The number of nitrogens with zero attached hydrogens (tertiary/aromatic N) is 3. The Labute approximate surface area is 167 Å². The van der Waals surface area contributed by atoms with Gasteiger partial charge in [0.2, 0.25) is 5.91 Å². The molecule has 0 saturated heterocycles. The average molecular weight is 411 g/mol. The molecule has 0 spiro atoms. The molecule has 0 aliphatic carbocycles. The Morgan fingerprint density at radius 2 is 1.90 bits per heavy atom. The first-order chi connectivity index (χ1) is 13.9. The number of fused-ring (bicyclic) bond motifs is 1. The van der Waals surface area contributed by atoms with Crippen LogP contribution in [0.1, 0.15) is 16.1 Å². The molecule has 29 heavy (non-hydrogen) atoms. The highest BCUT2D eigenvalue weighted by Gasteiger charge is 2.26. The second-order valence-corrected chi connectivity index (χ2v) is 8.15. The molecule has 0 saturated carbocycles. The zero-order valence-electron chi connectivity index (χ0n) is 15.4. The third-order valence-electron chi connectivity index (χ3n) is 4.64. The summed E-state index contributed by atoms with van der Waals surface area (Å²) in [5.41, 5.74) is 4.37. The summed E-state index contributed by atoms with van der Waals surface area (Å²) in [5.74, 6) is -0.768. The second kappa shape index (κ2) is 7.15. The van der Waals surface area contributed by atoms with E-state index in [1.165, 1.54) is 29.6 Å². The molecule has 1 aliphatic rings. The van der Waals surface area contributed by atoms with Crippen LogP contribution < -0.4 is 15.2 Å². The van der Waals surface area contributed by atoms with Gasteiger partial charge in [0, 0.05) is 18.4 Å². The van der Waals surface area contributed by atoms with Crippen molar-refractivity contribution in [3.63, 3.8) is 0 Å². The normalized spacial score (nSPS) is 13.4. The van der Waals surface area contributed by atoms with Crippen LogP contribution in [0.15, 0.2) is 66.0 Å². The number of hydrogen-bond donors (Lipinski definition) is 2. The number of benzene rings is 2. The Morgan fingerprint density at radius 1 is 1.14 bits per heavy atom. The van der Waals surface area contributed by atoms with Crippen molar-refractivity contribution >= 4 is 27.5 Å². The zero-order valence-corrected chi connectivity index (χ0v) is 16.2. The first-order valence-corrected chi connectivity index (χ1v) is 10.1. The maximum Gasteiger partial charge on any atom is 0.284 e. The molecule has 148 valence electrons. The molecule has 0 atom stereocenters. The third-order valence-corrected chi connectivity index (χ3v) is 5.89. The van der Waals surface area contributed by atoms with Crippen molar-refractivity contribution in [2.75, 3.05) is 11.9 Å². The van der Waals surface area contributed by atoms with E-state index >= 15 is 0 Å². The van der Waals surface area contributed by atoms with E-state index < -0.39 is 15.9 Å². The van der Waals surface area contributed by atoms with Crippen LogP contribution in [-0.2, 0) is 21.2 Å². The lowest BCUT2D eigenvalue weighted by molar-refractivity contribution is -0.117. The van der Waals surface area contributed by atoms with Gasteiger partial charge in [0.25, 0.3) is 15.9 Å². The minimum Gasteiger partial charge on any atom is -0.315 e. The SMILES string of the molecule is CN1C(=O)Cc2cc(S(=O)(=O)NNC(=O)c3cncn3-c3ccccc3)ccc21. The molecule has 2 aromatic carbocycles. The van der Waals surface area contributed by atoms with E-state index in [1.54, 1.807) is 29.8 Å². The summed E-state index contributed by atoms with van der Waals surface area (Å²) >= 11 is 0. The highest BCUT2D eigenvalue weighted by atomic mass is 32.2. The quantitative estimate of drug-likeness (QED) is 0.609. The highest BCUT2D eigenvalue weighted by molar-refractivity contribution is 7.89. The van der Waals surface area contributed by atoms with Crippen LogP contribution in [0.3, 0.4) is 0 Å². The van der Waals surface area contributed by atoms with E-state index in [0.717, 1.165) is 0 Å². The molecule has 0 bridgehead atoms. The first kappa shape index (κ1) is 18.8. The molecule has 1 aliphatic heterocycles. The van der Waals surface area contributed by atoms with Crippen LogP contribution in [0.4, 0.5) is 5.69 Å². The number of likely N-dealkylation sites (N-methyl/N-ethyl adjacent to an activating group) is 1.